The number of ether oxygens (including phenoxy) is 2. The van der Waals surface area contributed by atoms with Crippen molar-refractivity contribution in [3.8, 4) is 28.4 Å². The summed E-state index contributed by atoms with van der Waals surface area (Å²) in [5, 5.41) is 13.4. The van der Waals surface area contributed by atoms with Crippen LogP contribution in [0.1, 0.15) is 24.3 Å². The summed E-state index contributed by atoms with van der Waals surface area (Å²) < 4.78 is 12.4. The molecule has 0 aliphatic carbocycles. The molecule has 0 fully saturated rings. The Morgan fingerprint density at radius 1 is 1.07 bits per heavy atom. The third-order valence-electron chi connectivity index (χ3n) is 4.31. The van der Waals surface area contributed by atoms with E-state index in [2.05, 4.69) is 5.10 Å². The minimum absolute atomic E-state index is 0.00332. The lowest BCUT2D eigenvalue weighted by atomic mass is 10.1. The normalized spacial score (nSPS) is 10.9. The number of aliphatic hydroxyl groups is 1. The van der Waals surface area contributed by atoms with Crippen molar-refractivity contribution in [1.29, 1.82) is 0 Å². The van der Waals surface area contributed by atoms with Crippen LogP contribution in [0.25, 0.3) is 16.9 Å². The maximum absolute atomic E-state index is 12.5. The fourth-order valence-corrected chi connectivity index (χ4v) is 2.81. The van der Waals surface area contributed by atoms with Crippen LogP contribution in [0.5, 0.6) is 11.5 Å². The molecule has 6 heteroatoms. The fraction of sp³-hybridized carbons (Fsp3) is 0.273. The second kappa shape index (κ2) is 8.71. The van der Waals surface area contributed by atoms with Gasteiger partial charge in [-0.2, -0.15) is 5.10 Å². The first kappa shape index (κ1) is 19.6. The van der Waals surface area contributed by atoms with Gasteiger partial charge in [0.05, 0.1) is 25.1 Å². The zero-order valence-corrected chi connectivity index (χ0v) is 16.3. The molecule has 0 bridgehead atoms. The van der Waals surface area contributed by atoms with Crippen molar-refractivity contribution >= 4 is 5.78 Å². The first-order valence-electron chi connectivity index (χ1n) is 9.16. The quantitative estimate of drug-likeness (QED) is 0.603. The summed E-state index contributed by atoms with van der Waals surface area (Å²) in [5.41, 5.74) is 2.98. The Morgan fingerprint density at radius 2 is 1.71 bits per heavy atom. The molecule has 0 aliphatic heterocycles. The van der Waals surface area contributed by atoms with Gasteiger partial charge in [0, 0.05) is 11.5 Å². The summed E-state index contributed by atoms with van der Waals surface area (Å²) in [6.45, 7) is 3.94. The van der Waals surface area contributed by atoms with Gasteiger partial charge in [0.2, 0.25) is 0 Å². The van der Waals surface area contributed by atoms with Crippen molar-refractivity contribution in [3.05, 3.63) is 60.3 Å². The summed E-state index contributed by atoms with van der Waals surface area (Å²) in [6, 6.07) is 16.8. The van der Waals surface area contributed by atoms with E-state index >= 15 is 0 Å². The van der Waals surface area contributed by atoms with Crippen molar-refractivity contribution in [2.24, 2.45) is 5.92 Å². The fourth-order valence-electron chi connectivity index (χ4n) is 2.81. The van der Waals surface area contributed by atoms with Crippen LogP contribution in [-0.4, -0.2) is 41.0 Å². The van der Waals surface area contributed by atoms with Crippen LogP contribution in [0.4, 0.5) is 0 Å². The number of hydrogen-bond donors (Lipinski definition) is 1. The van der Waals surface area contributed by atoms with Crippen LogP contribution >= 0.6 is 0 Å². The van der Waals surface area contributed by atoms with E-state index in [1.807, 2.05) is 68.4 Å². The largest absolute Gasteiger partial charge is 0.497 e. The highest BCUT2D eigenvalue weighted by Gasteiger charge is 2.19. The zero-order chi connectivity index (χ0) is 20.1. The van der Waals surface area contributed by atoms with Crippen LogP contribution < -0.4 is 9.47 Å². The van der Waals surface area contributed by atoms with Crippen molar-refractivity contribution in [1.82, 2.24) is 9.78 Å². The Kier molecular flexibility index (Phi) is 6.11. The van der Waals surface area contributed by atoms with Crippen molar-refractivity contribution in [3.63, 3.8) is 0 Å². The lowest BCUT2D eigenvalue weighted by Gasteiger charge is -2.09. The predicted molar refractivity (Wildman–Crippen MR) is 107 cm³/mol. The van der Waals surface area contributed by atoms with E-state index in [0.717, 1.165) is 22.7 Å². The lowest BCUT2D eigenvalue weighted by molar-refractivity contribution is 0.0934. The van der Waals surface area contributed by atoms with Gasteiger partial charge in [-0.05, 0) is 54.6 Å². The van der Waals surface area contributed by atoms with E-state index in [4.69, 9.17) is 14.6 Å². The Hall–Kier alpha value is -3.12. The van der Waals surface area contributed by atoms with E-state index in [9.17, 15) is 4.79 Å². The first-order chi connectivity index (χ1) is 13.5. The van der Waals surface area contributed by atoms with Gasteiger partial charge in [0.15, 0.2) is 5.78 Å². The molecule has 1 heterocycles. The van der Waals surface area contributed by atoms with Gasteiger partial charge in [-0.15, -0.1) is 0 Å². The smallest absolute Gasteiger partial charge is 0.185 e. The van der Waals surface area contributed by atoms with Gasteiger partial charge in [-0.3, -0.25) is 4.79 Å². The summed E-state index contributed by atoms with van der Waals surface area (Å²) >= 11 is 0. The average molecular weight is 380 g/mol. The van der Waals surface area contributed by atoms with E-state index < -0.39 is 0 Å². The number of nitrogens with zero attached hydrogens (tertiary/aromatic N) is 2. The number of carbonyl (C=O) groups is 1. The van der Waals surface area contributed by atoms with Crippen LogP contribution in [0, 0.1) is 5.92 Å². The number of benzene rings is 2. The maximum Gasteiger partial charge on any atom is 0.185 e. The topological polar surface area (TPSA) is 73.6 Å². The predicted octanol–water partition coefficient (Wildman–Crippen LogP) is 3.76. The molecule has 0 aliphatic rings. The molecule has 0 amide bonds. The lowest BCUT2D eigenvalue weighted by Crippen LogP contribution is -2.09. The van der Waals surface area contributed by atoms with Gasteiger partial charge < -0.3 is 14.6 Å². The van der Waals surface area contributed by atoms with Crippen molar-refractivity contribution in [2.45, 2.75) is 13.8 Å². The minimum Gasteiger partial charge on any atom is -0.497 e. The van der Waals surface area contributed by atoms with Gasteiger partial charge in [0.25, 0.3) is 0 Å². The Balaban J connectivity index is 2.03. The number of rotatable bonds is 8. The molecule has 0 radical (unpaired) electrons. The average Bonchev–Trinajstić information content (AvgIpc) is 3.17. The van der Waals surface area contributed by atoms with E-state index in [1.54, 1.807) is 11.8 Å². The summed E-state index contributed by atoms with van der Waals surface area (Å²) in [7, 11) is 1.62. The van der Waals surface area contributed by atoms with Gasteiger partial charge in [-0.1, -0.05) is 13.8 Å². The highest BCUT2D eigenvalue weighted by Crippen LogP contribution is 2.27. The number of Topliss-reactive ketones (excluding diaryl/α,β-unsaturated/α-hetero) is 1. The molecule has 0 atom stereocenters. The minimum atomic E-state index is -0.138. The van der Waals surface area contributed by atoms with Crippen LogP contribution in [-0.2, 0) is 0 Å². The number of methoxy groups -OCH3 is 1. The highest BCUT2D eigenvalue weighted by molar-refractivity contribution is 5.96. The number of carbonyl (C=O) groups excluding carboxylic acids is 1. The van der Waals surface area contributed by atoms with Crippen molar-refractivity contribution < 1.29 is 19.4 Å². The molecule has 146 valence electrons. The molecule has 3 rings (SSSR count). The monoisotopic (exact) mass is 380 g/mol. The number of aliphatic hydroxyl groups excluding tert-OH is 1. The molecular formula is C22H24N2O4. The van der Waals surface area contributed by atoms with Crippen LogP contribution in [0.15, 0.2) is 54.6 Å². The summed E-state index contributed by atoms with van der Waals surface area (Å²) in [6.07, 6.45) is 0. The number of hydrogen-bond acceptors (Lipinski definition) is 5. The van der Waals surface area contributed by atoms with Gasteiger partial charge in [0.1, 0.15) is 23.8 Å². The molecule has 0 saturated carbocycles. The molecule has 0 saturated heterocycles. The van der Waals surface area contributed by atoms with E-state index in [1.165, 1.54) is 0 Å². The SMILES string of the molecule is COc1ccc(-n2nc(C(=O)C(C)C)cc2-c2ccc(OCCO)cc2)cc1. The highest BCUT2D eigenvalue weighted by atomic mass is 16.5. The Bertz CT molecular complexity index is 928. The standard InChI is InChI=1S/C22H24N2O4/c1-15(2)22(26)20-14-21(16-4-8-19(9-5-16)28-13-12-25)24(23-20)17-6-10-18(27-3)11-7-17/h4-11,14-15,25H,12-13H2,1-3H3. The maximum atomic E-state index is 12.5. The molecule has 1 aromatic heterocycles. The third-order valence-corrected chi connectivity index (χ3v) is 4.31. The molecule has 6 nitrogen and oxygen atoms in total. The molecule has 0 unspecified atom stereocenters. The van der Waals surface area contributed by atoms with Crippen molar-refractivity contribution in [2.75, 3.05) is 20.3 Å². The summed E-state index contributed by atoms with van der Waals surface area (Å²) in [4.78, 5) is 12.5. The molecular weight excluding hydrogens is 356 g/mol. The number of aromatic nitrogens is 2. The van der Waals surface area contributed by atoms with Gasteiger partial charge in [-0.25, -0.2) is 4.68 Å². The first-order valence-corrected chi connectivity index (χ1v) is 9.16. The molecule has 2 aromatic carbocycles. The second-order valence-corrected chi connectivity index (χ2v) is 6.64. The zero-order valence-electron chi connectivity index (χ0n) is 16.3. The molecule has 3 aromatic rings. The Morgan fingerprint density at radius 3 is 2.29 bits per heavy atom. The Labute approximate surface area is 164 Å². The second-order valence-electron chi connectivity index (χ2n) is 6.64. The molecule has 1 N–H and O–H groups in total. The molecule has 28 heavy (non-hydrogen) atoms. The molecule has 0 spiro atoms. The van der Waals surface area contributed by atoms with E-state index in [-0.39, 0.29) is 24.9 Å². The van der Waals surface area contributed by atoms with Crippen LogP contribution in [0.3, 0.4) is 0 Å². The summed E-state index contributed by atoms with van der Waals surface area (Å²) in [5.74, 6) is 1.28. The van der Waals surface area contributed by atoms with Gasteiger partial charge >= 0.3 is 0 Å². The third kappa shape index (κ3) is 4.23. The van der Waals surface area contributed by atoms with Crippen LogP contribution in [0.2, 0.25) is 0 Å². The van der Waals surface area contributed by atoms with E-state index in [0.29, 0.717) is 11.4 Å². The number of ketones is 1.